The fourth-order valence-corrected chi connectivity index (χ4v) is 4.66. The summed E-state index contributed by atoms with van der Waals surface area (Å²) in [6.45, 7) is 2.53. The van der Waals surface area contributed by atoms with E-state index in [1.165, 1.54) is 6.42 Å². The van der Waals surface area contributed by atoms with Crippen LogP contribution in [0, 0.1) is 5.41 Å². The third-order valence-corrected chi connectivity index (χ3v) is 6.82. The molecular formula is C12H19NO3S2. The first-order valence-corrected chi connectivity index (χ1v) is 8.50. The highest BCUT2D eigenvalue weighted by Crippen LogP contribution is 2.43. The van der Waals surface area contributed by atoms with Gasteiger partial charge >= 0.3 is 0 Å². The molecule has 1 saturated carbocycles. The molecule has 1 aromatic rings. The van der Waals surface area contributed by atoms with Crippen molar-refractivity contribution in [1.29, 1.82) is 0 Å². The molecule has 0 aromatic carbocycles. The first-order valence-electron chi connectivity index (χ1n) is 6.21. The number of rotatable bonds is 6. The molecule has 2 rings (SSSR count). The fourth-order valence-electron chi connectivity index (χ4n) is 2.24. The number of sulfonamides is 1. The average Bonchev–Trinajstić information content (AvgIpc) is 2.77. The monoisotopic (exact) mass is 289 g/mol. The van der Waals surface area contributed by atoms with Crippen LogP contribution in [0.3, 0.4) is 0 Å². The van der Waals surface area contributed by atoms with E-state index in [0.717, 1.165) is 30.6 Å². The number of nitrogens with one attached hydrogen (secondary N) is 1. The minimum Gasteiger partial charge on any atom is -0.391 e. The van der Waals surface area contributed by atoms with Crippen molar-refractivity contribution in [3.05, 3.63) is 17.0 Å². The molecule has 1 aromatic heterocycles. The Morgan fingerprint density at radius 3 is 2.61 bits per heavy atom. The molecule has 2 N–H and O–H groups in total. The summed E-state index contributed by atoms with van der Waals surface area (Å²) < 4.78 is 27.2. The molecule has 0 atom stereocenters. The van der Waals surface area contributed by atoms with Crippen molar-refractivity contribution in [2.24, 2.45) is 5.41 Å². The normalized spacial score (nSPS) is 18.6. The van der Waals surface area contributed by atoms with E-state index in [0.29, 0.717) is 11.4 Å². The SMILES string of the molecule is CCC1(CNS(=O)(=O)c2ccc(CO)s2)CCC1. The Hall–Kier alpha value is -0.430. The van der Waals surface area contributed by atoms with E-state index < -0.39 is 10.0 Å². The van der Waals surface area contributed by atoms with Crippen molar-refractivity contribution < 1.29 is 13.5 Å². The second-order valence-corrected chi connectivity index (χ2v) is 8.07. The van der Waals surface area contributed by atoms with Crippen molar-refractivity contribution >= 4 is 21.4 Å². The number of aliphatic hydroxyl groups is 1. The van der Waals surface area contributed by atoms with Crippen LogP contribution in [0.2, 0.25) is 0 Å². The van der Waals surface area contributed by atoms with Crippen molar-refractivity contribution in [1.82, 2.24) is 4.72 Å². The lowest BCUT2D eigenvalue weighted by Gasteiger charge is -2.41. The lowest BCUT2D eigenvalue weighted by atomic mass is 9.67. The predicted octanol–water partition coefficient (Wildman–Crippen LogP) is 2.10. The molecule has 1 fully saturated rings. The molecule has 102 valence electrons. The van der Waals surface area contributed by atoms with Crippen LogP contribution in [0.15, 0.2) is 16.3 Å². The molecule has 0 spiro atoms. The van der Waals surface area contributed by atoms with Crippen molar-refractivity contribution in [3.8, 4) is 0 Å². The van der Waals surface area contributed by atoms with Crippen LogP contribution < -0.4 is 4.72 Å². The largest absolute Gasteiger partial charge is 0.391 e. The first-order chi connectivity index (χ1) is 8.51. The Bertz CT molecular complexity index is 498. The maximum atomic E-state index is 12.1. The van der Waals surface area contributed by atoms with Crippen LogP contribution in [0.1, 0.15) is 37.5 Å². The van der Waals surface area contributed by atoms with Gasteiger partial charge in [-0.05, 0) is 36.8 Å². The highest BCUT2D eigenvalue weighted by molar-refractivity contribution is 7.91. The van der Waals surface area contributed by atoms with Gasteiger partial charge in [0.2, 0.25) is 10.0 Å². The van der Waals surface area contributed by atoms with E-state index in [2.05, 4.69) is 11.6 Å². The van der Waals surface area contributed by atoms with Crippen LogP contribution in [-0.2, 0) is 16.6 Å². The molecule has 0 saturated heterocycles. The molecule has 1 aliphatic rings. The van der Waals surface area contributed by atoms with Gasteiger partial charge in [-0.2, -0.15) is 0 Å². The van der Waals surface area contributed by atoms with Gasteiger partial charge in [-0.3, -0.25) is 0 Å². The summed E-state index contributed by atoms with van der Waals surface area (Å²) in [7, 11) is -3.41. The maximum absolute atomic E-state index is 12.1. The van der Waals surface area contributed by atoms with Crippen LogP contribution >= 0.6 is 11.3 Å². The second-order valence-electron chi connectivity index (χ2n) is 4.91. The summed E-state index contributed by atoms with van der Waals surface area (Å²) in [5.41, 5.74) is 0.171. The van der Waals surface area contributed by atoms with E-state index in [9.17, 15) is 8.42 Å². The predicted molar refractivity (Wildman–Crippen MR) is 72.0 cm³/mol. The van der Waals surface area contributed by atoms with E-state index in [1.54, 1.807) is 12.1 Å². The summed E-state index contributed by atoms with van der Waals surface area (Å²) >= 11 is 1.12. The zero-order chi connectivity index (χ0) is 13.2. The number of hydrogen-bond donors (Lipinski definition) is 2. The number of hydrogen-bond acceptors (Lipinski definition) is 4. The van der Waals surface area contributed by atoms with E-state index in [4.69, 9.17) is 5.11 Å². The van der Waals surface area contributed by atoms with Crippen LogP contribution in [0.25, 0.3) is 0 Å². The van der Waals surface area contributed by atoms with Crippen LogP contribution in [0.4, 0.5) is 0 Å². The summed E-state index contributed by atoms with van der Waals surface area (Å²) in [5, 5.41) is 8.96. The molecule has 0 bridgehead atoms. The minimum absolute atomic E-state index is 0.112. The van der Waals surface area contributed by atoms with Crippen molar-refractivity contribution in [3.63, 3.8) is 0 Å². The highest BCUT2D eigenvalue weighted by Gasteiger charge is 2.36. The Kier molecular flexibility index (Phi) is 4.11. The van der Waals surface area contributed by atoms with Crippen molar-refractivity contribution in [2.45, 2.75) is 43.4 Å². The van der Waals surface area contributed by atoms with Gasteiger partial charge in [0, 0.05) is 11.4 Å². The quantitative estimate of drug-likeness (QED) is 0.843. The molecule has 0 amide bonds. The Morgan fingerprint density at radius 2 is 2.17 bits per heavy atom. The number of thiophene rings is 1. The standard InChI is InChI=1S/C12H19NO3S2/c1-2-12(6-3-7-12)9-13-18(15,16)11-5-4-10(8-14)17-11/h4-5,13-14H,2-3,6-9H2,1H3. The van der Waals surface area contributed by atoms with Crippen LogP contribution in [0.5, 0.6) is 0 Å². The molecule has 4 nitrogen and oxygen atoms in total. The molecule has 1 aliphatic carbocycles. The lowest BCUT2D eigenvalue weighted by Crippen LogP contribution is -2.41. The van der Waals surface area contributed by atoms with Gasteiger partial charge in [0.05, 0.1) is 6.61 Å². The fraction of sp³-hybridized carbons (Fsp3) is 0.667. The zero-order valence-electron chi connectivity index (χ0n) is 10.5. The minimum atomic E-state index is -3.41. The second kappa shape index (κ2) is 5.28. The molecule has 1 heterocycles. The topological polar surface area (TPSA) is 66.4 Å². The molecule has 0 radical (unpaired) electrons. The number of aliphatic hydroxyl groups excluding tert-OH is 1. The van der Waals surface area contributed by atoms with Crippen LogP contribution in [-0.4, -0.2) is 20.1 Å². The maximum Gasteiger partial charge on any atom is 0.250 e. The van der Waals surface area contributed by atoms with Gasteiger partial charge in [-0.25, -0.2) is 13.1 Å². The zero-order valence-corrected chi connectivity index (χ0v) is 12.1. The van der Waals surface area contributed by atoms with Gasteiger partial charge in [-0.1, -0.05) is 13.3 Å². The van der Waals surface area contributed by atoms with E-state index in [1.807, 2.05) is 0 Å². The third-order valence-electron chi connectivity index (χ3n) is 3.86. The summed E-state index contributed by atoms with van der Waals surface area (Å²) in [6, 6.07) is 3.20. The summed E-state index contributed by atoms with van der Waals surface area (Å²) in [6.07, 6.45) is 4.43. The van der Waals surface area contributed by atoms with Gasteiger partial charge in [0.15, 0.2) is 0 Å². The third kappa shape index (κ3) is 2.77. The summed E-state index contributed by atoms with van der Waals surface area (Å²) in [5.74, 6) is 0. The Balaban J connectivity index is 2.03. The van der Waals surface area contributed by atoms with E-state index in [-0.39, 0.29) is 16.2 Å². The molecule has 0 aliphatic heterocycles. The smallest absolute Gasteiger partial charge is 0.250 e. The summed E-state index contributed by atoms with van der Waals surface area (Å²) in [4.78, 5) is 0.671. The molecule has 0 unspecified atom stereocenters. The average molecular weight is 289 g/mol. The van der Waals surface area contributed by atoms with Gasteiger partial charge in [-0.15, -0.1) is 11.3 Å². The lowest BCUT2D eigenvalue weighted by molar-refractivity contribution is 0.133. The van der Waals surface area contributed by atoms with Gasteiger partial charge in [0.1, 0.15) is 4.21 Å². The Morgan fingerprint density at radius 1 is 1.44 bits per heavy atom. The molecular weight excluding hydrogens is 270 g/mol. The van der Waals surface area contributed by atoms with Gasteiger partial charge in [0.25, 0.3) is 0 Å². The highest BCUT2D eigenvalue weighted by atomic mass is 32.2. The molecule has 6 heteroatoms. The first kappa shape index (κ1) is 14.0. The molecule has 18 heavy (non-hydrogen) atoms. The van der Waals surface area contributed by atoms with Gasteiger partial charge < -0.3 is 5.11 Å². The Labute approximate surface area is 112 Å². The van der Waals surface area contributed by atoms with Crippen molar-refractivity contribution in [2.75, 3.05) is 6.54 Å². The van der Waals surface area contributed by atoms with E-state index >= 15 is 0 Å².